The molecule has 5 heteroatoms. The molecular weight excluding hydrogens is 244 g/mol. The molecule has 2 N–H and O–H groups in total. The third-order valence-electron chi connectivity index (χ3n) is 3.81. The van der Waals surface area contributed by atoms with Crippen LogP contribution in [0.15, 0.2) is 24.3 Å². The van der Waals surface area contributed by atoms with Crippen molar-refractivity contribution in [1.29, 1.82) is 0 Å². The van der Waals surface area contributed by atoms with Crippen LogP contribution in [0.3, 0.4) is 0 Å². The molecule has 3 rings (SSSR count). The van der Waals surface area contributed by atoms with Gasteiger partial charge in [-0.1, -0.05) is 19.1 Å². The van der Waals surface area contributed by atoms with E-state index in [9.17, 15) is 4.79 Å². The molecule has 2 aliphatic heterocycles. The highest BCUT2D eigenvalue weighted by atomic mass is 16.6. The molecule has 0 aromatic heterocycles. The van der Waals surface area contributed by atoms with Crippen molar-refractivity contribution in [2.24, 2.45) is 5.73 Å². The lowest BCUT2D eigenvalue weighted by Crippen LogP contribution is -2.70. The van der Waals surface area contributed by atoms with Crippen molar-refractivity contribution in [2.45, 2.75) is 25.0 Å². The number of fused-ring (bicyclic) bond motifs is 1. The lowest BCUT2D eigenvalue weighted by molar-refractivity contribution is -0.149. The van der Waals surface area contributed by atoms with E-state index in [1.807, 2.05) is 31.2 Å². The fraction of sp³-hybridized carbons (Fsp3) is 0.500. The molecule has 5 nitrogen and oxygen atoms in total. The Hall–Kier alpha value is -1.75. The SMILES string of the molecule is CCC1(N)CN(C(=O)C2COc3ccccc3O2)C1. The first-order valence-corrected chi connectivity index (χ1v) is 6.57. The molecule has 1 fully saturated rings. The molecule has 0 saturated carbocycles. The van der Waals surface area contributed by atoms with Gasteiger partial charge in [0.2, 0.25) is 6.10 Å². The normalized spacial score (nSPS) is 23.7. The van der Waals surface area contributed by atoms with Gasteiger partial charge in [0.15, 0.2) is 11.5 Å². The van der Waals surface area contributed by atoms with Gasteiger partial charge in [-0.3, -0.25) is 4.79 Å². The van der Waals surface area contributed by atoms with Gasteiger partial charge < -0.3 is 20.1 Å². The molecule has 2 aliphatic rings. The molecule has 0 bridgehead atoms. The highest BCUT2D eigenvalue weighted by Crippen LogP contribution is 2.32. The molecule has 2 heterocycles. The maximum Gasteiger partial charge on any atom is 0.267 e. The van der Waals surface area contributed by atoms with Crippen LogP contribution in [0.2, 0.25) is 0 Å². The second-order valence-electron chi connectivity index (χ2n) is 5.27. The molecule has 0 spiro atoms. The van der Waals surface area contributed by atoms with E-state index in [4.69, 9.17) is 15.2 Å². The van der Waals surface area contributed by atoms with Crippen molar-refractivity contribution in [3.05, 3.63) is 24.3 Å². The Labute approximate surface area is 112 Å². The van der Waals surface area contributed by atoms with Crippen LogP contribution in [0.4, 0.5) is 0 Å². The predicted molar refractivity (Wildman–Crippen MR) is 70.1 cm³/mol. The molecule has 1 unspecified atom stereocenters. The zero-order chi connectivity index (χ0) is 13.5. The van der Waals surface area contributed by atoms with E-state index in [0.29, 0.717) is 24.6 Å². The van der Waals surface area contributed by atoms with Crippen molar-refractivity contribution in [2.75, 3.05) is 19.7 Å². The smallest absolute Gasteiger partial charge is 0.267 e. The summed E-state index contributed by atoms with van der Waals surface area (Å²) in [5.74, 6) is 1.28. The van der Waals surface area contributed by atoms with Crippen LogP contribution in [-0.4, -0.2) is 42.1 Å². The number of amides is 1. The third kappa shape index (κ3) is 2.14. The number of carbonyl (C=O) groups excluding carboxylic acids is 1. The number of hydrogen-bond acceptors (Lipinski definition) is 4. The van der Waals surface area contributed by atoms with Gasteiger partial charge >= 0.3 is 0 Å². The highest BCUT2D eigenvalue weighted by molar-refractivity contribution is 5.83. The number of carbonyl (C=O) groups is 1. The number of rotatable bonds is 2. The van der Waals surface area contributed by atoms with Crippen LogP contribution in [0.25, 0.3) is 0 Å². The van der Waals surface area contributed by atoms with E-state index in [-0.39, 0.29) is 18.1 Å². The zero-order valence-corrected chi connectivity index (χ0v) is 11.0. The first-order chi connectivity index (χ1) is 9.11. The second kappa shape index (κ2) is 4.42. The number of benzene rings is 1. The predicted octanol–water partition coefficient (Wildman–Crippen LogP) is 0.776. The maximum absolute atomic E-state index is 12.3. The van der Waals surface area contributed by atoms with Crippen LogP contribution in [0, 0.1) is 0 Å². The monoisotopic (exact) mass is 262 g/mol. The molecule has 1 amide bonds. The summed E-state index contributed by atoms with van der Waals surface area (Å²) in [6.07, 6.45) is 0.318. The van der Waals surface area contributed by atoms with Gasteiger partial charge in [-0.15, -0.1) is 0 Å². The number of hydrogen-bond donors (Lipinski definition) is 1. The quantitative estimate of drug-likeness (QED) is 0.855. The van der Waals surface area contributed by atoms with Gasteiger partial charge in [0, 0.05) is 13.1 Å². The molecule has 0 aliphatic carbocycles. The van der Waals surface area contributed by atoms with Crippen molar-refractivity contribution in [3.63, 3.8) is 0 Å². The summed E-state index contributed by atoms with van der Waals surface area (Å²) in [6.45, 7) is 3.50. The van der Waals surface area contributed by atoms with E-state index in [1.165, 1.54) is 0 Å². The second-order valence-corrected chi connectivity index (χ2v) is 5.27. The Morgan fingerprint density at radius 2 is 2.11 bits per heavy atom. The fourth-order valence-electron chi connectivity index (χ4n) is 2.44. The molecular formula is C14H18N2O3. The minimum absolute atomic E-state index is 0.0379. The topological polar surface area (TPSA) is 64.8 Å². The van der Waals surface area contributed by atoms with Gasteiger partial charge in [0.1, 0.15) is 6.61 Å². The number of para-hydroxylation sites is 2. The van der Waals surface area contributed by atoms with Crippen LogP contribution in [0.5, 0.6) is 11.5 Å². The van der Waals surface area contributed by atoms with Gasteiger partial charge in [0.25, 0.3) is 5.91 Å². The van der Waals surface area contributed by atoms with Gasteiger partial charge in [-0.2, -0.15) is 0 Å². The van der Waals surface area contributed by atoms with Crippen molar-refractivity contribution in [3.8, 4) is 11.5 Å². The Bertz CT molecular complexity index is 497. The molecule has 1 aromatic carbocycles. The fourth-order valence-corrected chi connectivity index (χ4v) is 2.44. The first kappa shape index (κ1) is 12.3. The van der Waals surface area contributed by atoms with E-state index in [2.05, 4.69) is 0 Å². The molecule has 0 radical (unpaired) electrons. The van der Waals surface area contributed by atoms with Crippen LogP contribution >= 0.6 is 0 Å². The van der Waals surface area contributed by atoms with E-state index < -0.39 is 6.10 Å². The summed E-state index contributed by atoms with van der Waals surface area (Å²) >= 11 is 0. The Kier molecular flexibility index (Phi) is 2.86. The van der Waals surface area contributed by atoms with Crippen molar-refractivity contribution in [1.82, 2.24) is 4.90 Å². The Balaban J connectivity index is 1.64. The minimum Gasteiger partial charge on any atom is -0.485 e. The summed E-state index contributed by atoms with van der Waals surface area (Å²) in [5, 5.41) is 0. The average molecular weight is 262 g/mol. The van der Waals surface area contributed by atoms with E-state index >= 15 is 0 Å². The summed E-state index contributed by atoms with van der Waals surface area (Å²) in [4.78, 5) is 14.0. The molecule has 1 saturated heterocycles. The summed E-state index contributed by atoms with van der Waals surface area (Å²) in [6, 6.07) is 7.39. The Morgan fingerprint density at radius 3 is 2.79 bits per heavy atom. The third-order valence-corrected chi connectivity index (χ3v) is 3.81. The number of likely N-dealkylation sites (tertiary alicyclic amines) is 1. The lowest BCUT2D eigenvalue weighted by Gasteiger charge is -2.48. The van der Waals surface area contributed by atoms with Crippen LogP contribution in [0.1, 0.15) is 13.3 Å². The highest BCUT2D eigenvalue weighted by Gasteiger charge is 2.43. The van der Waals surface area contributed by atoms with E-state index in [0.717, 1.165) is 6.42 Å². The summed E-state index contributed by atoms with van der Waals surface area (Å²) < 4.78 is 11.2. The number of nitrogens with zero attached hydrogens (tertiary/aromatic N) is 1. The summed E-state index contributed by atoms with van der Waals surface area (Å²) in [5.41, 5.74) is 5.85. The first-order valence-electron chi connectivity index (χ1n) is 6.57. The maximum atomic E-state index is 12.3. The number of ether oxygens (including phenoxy) is 2. The van der Waals surface area contributed by atoms with E-state index in [1.54, 1.807) is 4.90 Å². The molecule has 19 heavy (non-hydrogen) atoms. The van der Waals surface area contributed by atoms with Crippen molar-refractivity contribution < 1.29 is 14.3 Å². The number of nitrogens with two attached hydrogens (primary N) is 1. The molecule has 102 valence electrons. The van der Waals surface area contributed by atoms with Crippen LogP contribution in [-0.2, 0) is 4.79 Å². The van der Waals surface area contributed by atoms with Gasteiger partial charge in [0.05, 0.1) is 5.54 Å². The van der Waals surface area contributed by atoms with Crippen LogP contribution < -0.4 is 15.2 Å². The van der Waals surface area contributed by atoms with Crippen molar-refractivity contribution >= 4 is 5.91 Å². The zero-order valence-electron chi connectivity index (χ0n) is 11.0. The molecule has 1 atom stereocenters. The summed E-state index contributed by atoms with van der Waals surface area (Å²) in [7, 11) is 0. The van der Waals surface area contributed by atoms with Gasteiger partial charge in [-0.05, 0) is 18.6 Å². The molecule has 1 aromatic rings. The Morgan fingerprint density at radius 1 is 1.42 bits per heavy atom. The largest absolute Gasteiger partial charge is 0.485 e. The van der Waals surface area contributed by atoms with Gasteiger partial charge in [-0.25, -0.2) is 0 Å². The standard InChI is InChI=1S/C14H18N2O3/c1-2-14(15)8-16(9-14)13(17)12-7-18-10-5-3-4-6-11(10)19-12/h3-6,12H,2,7-9,15H2,1H3. The average Bonchev–Trinajstić information content (AvgIpc) is 2.42. The lowest BCUT2D eigenvalue weighted by atomic mass is 9.88. The minimum atomic E-state index is -0.559.